The number of hydrogen-bond acceptors (Lipinski definition) is 3. The summed E-state index contributed by atoms with van der Waals surface area (Å²) >= 11 is 0. The fraction of sp³-hybridized carbons (Fsp3) is 0.429. The molecule has 0 unspecified atom stereocenters. The number of nitrogens with zero attached hydrogens (tertiary/aromatic N) is 1. The molecule has 1 aliphatic rings. The maximum absolute atomic E-state index is 5.54. The van der Waals surface area contributed by atoms with Gasteiger partial charge in [0, 0.05) is 12.6 Å². The van der Waals surface area contributed by atoms with Crippen molar-refractivity contribution in [2.24, 2.45) is 5.92 Å². The van der Waals surface area contributed by atoms with Crippen molar-refractivity contribution in [3.63, 3.8) is 0 Å². The first-order valence-corrected chi connectivity index (χ1v) is 8.63. The highest BCUT2D eigenvalue weighted by atomic mass is 16.5. The molecule has 2 aromatic rings. The first-order valence-electron chi connectivity index (χ1n) is 8.63. The summed E-state index contributed by atoms with van der Waals surface area (Å²) in [5.41, 5.74) is 4.16. The molecule has 0 saturated heterocycles. The zero-order valence-corrected chi connectivity index (χ0v) is 15.1. The molecule has 0 radical (unpaired) electrons. The van der Waals surface area contributed by atoms with Crippen LogP contribution in [0, 0.1) is 5.92 Å². The average Bonchev–Trinajstić information content (AvgIpc) is 2.61. The molecule has 1 heterocycles. The summed E-state index contributed by atoms with van der Waals surface area (Å²) in [6.45, 7) is 3.42. The Labute approximate surface area is 145 Å². The quantitative estimate of drug-likeness (QED) is 0.826. The van der Waals surface area contributed by atoms with Crippen LogP contribution in [0.25, 0.3) is 0 Å². The van der Waals surface area contributed by atoms with Gasteiger partial charge in [-0.1, -0.05) is 37.3 Å². The fourth-order valence-electron chi connectivity index (χ4n) is 3.94. The summed E-state index contributed by atoms with van der Waals surface area (Å²) in [6.07, 6.45) is 2.13. The van der Waals surface area contributed by atoms with Crippen molar-refractivity contribution in [1.82, 2.24) is 4.90 Å². The van der Waals surface area contributed by atoms with E-state index >= 15 is 0 Å². The first-order chi connectivity index (χ1) is 11.6. The Morgan fingerprint density at radius 1 is 1.08 bits per heavy atom. The molecule has 0 saturated carbocycles. The number of methoxy groups -OCH3 is 2. The molecule has 3 heteroatoms. The molecule has 0 bridgehead atoms. The summed E-state index contributed by atoms with van der Waals surface area (Å²) in [4.78, 5) is 2.47. The maximum Gasteiger partial charge on any atom is 0.161 e. The van der Waals surface area contributed by atoms with Gasteiger partial charge in [0.2, 0.25) is 0 Å². The Bertz CT molecular complexity index is 684. The van der Waals surface area contributed by atoms with E-state index < -0.39 is 0 Å². The number of likely N-dealkylation sites (N-methyl/N-ethyl adjacent to an activating group) is 1. The number of benzene rings is 2. The smallest absolute Gasteiger partial charge is 0.161 e. The second-order valence-electron chi connectivity index (χ2n) is 6.75. The van der Waals surface area contributed by atoms with Gasteiger partial charge in [0.1, 0.15) is 0 Å². The van der Waals surface area contributed by atoms with E-state index in [1.165, 1.54) is 16.7 Å². The van der Waals surface area contributed by atoms with Gasteiger partial charge in [0.15, 0.2) is 11.5 Å². The highest BCUT2D eigenvalue weighted by molar-refractivity contribution is 5.49. The maximum atomic E-state index is 5.54. The van der Waals surface area contributed by atoms with Gasteiger partial charge in [-0.25, -0.2) is 0 Å². The zero-order chi connectivity index (χ0) is 17.1. The third kappa shape index (κ3) is 3.27. The van der Waals surface area contributed by atoms with E-state index in [0.717, 1.165) is 30.9 Å². The van der Waals surface area contributed by atoms with Gasteiger partial charge in [0.25, 0.3) is 0 Å². The fourth-order valence-corrected chi connectivity index (χ4v) is 3.94. The molecule has 3 rings (SSSR count). The second-order valence-corrected chi connectivity index (χ2v) is 6.75. The Morgan fingerprint density at radius 3 is 2.42 bits per heavy atom. The standard InChI is InChI=1S/C21H27NO2/c1-15(12-16-8-6-5-7-9-16)21-18-14-20(24-4)19(23-3)13-17(18)10-11-22(21)2/h5-9,13-15,21H,10-12H2,1-4H3/t15-,21-/m1/s1. The minimum absolute atomic E-state index is 0.397. The van der Waals surface area contributed by atoms with Crippen LogP contribution in [-0.4, -0.2) is 32.7 Å². The lowest BCUT2D eigenvalue weighted by Gasteiger charge is -2.39. The van der Waals surface area contributed by atoms with E-state index in [2.05, 4.69) is 61.3 Å². The van der Waals surface area contributed by atoms with E-state index in [0.29, 0.717) is 12.0 Å². The molecule has 2 atom stereocenters. The van der Waals surface area contributed by atoms with Crippen molar-refractivity contribution >= 4 is 0 Å². The summed E-state index contributed by atoms with van der Waals surface area (Å²) in [6, 6.07) is 15.5. The van der Waals surface area contributed by atoms with Crippen molar-refractivity contribution in [2.75, 3.05) is 27.8 Å². The summed E-state index contributed by atoms with van der Waals surface area (Å²) in [5, 5.41) is 0. The van der Waals surface area contributed by atoms with Crippen LogP contribution in [0.15, 0.2) is 42.5 Å². The molecule has 128 valence electrons. The van der Waals surface area contributed by atoms with Gasteiger partial charge in [-0.05, 0) is 54.6 Å². The van der Waals surface area contributed by atoms with Gasteiger partial charge in [-0.3, -0.25) is 4.90 Å². The number of fused-ring (bicyclic) bond motifs is 1. The van der Waals surface area contributed by atoms with Gasteiger partial charge in [0.05, 0.1) is 14.2 Å². The normalized spacial score (nSPS) is 18.8. The second kappa shape index (κ2) is 7.27. The highest BCUT2D eigenvalue weighted by Gasteiger charge is 2.30. The third-order valence-corrected chi connectivity index (χ3v) is 5.11. The lowest BCUT2D eigenvalue weighted by Crippen LogP contribution is -2.36. The molecule has 0 fully saturated rings. The SMILES string of the molecule is COc1cc2c(cc1OC)[C@@H]([C@H](C)Cc1ccccc1)N(C)CC2. The van der Waals surface area contributed by atoms with Crippen LogP contribution in [0.1, 0.15) is 29.7 Å². The van der Waals surface area contributed by atoms with Crippen LogP contribution in [0.2, 0.25) is 0 Å². The Morgan fingerprint density at radius 2 is 1.75 bits per heavy atom. The van der Waals surface area contributed by atoms with Crippen molar-refractivity contribution in [3.8, 4) is 11.5 Å². The van der Waals surface area contributed by atoms with E-state index in [9.17, 15) is 0 Å². The summed E-state index contributed by atoms with van der Waals surface area (Å²) in [7, 11) is 5.64. The van der Waals surface area contributed by atoms with Gasteiger partial charge < -0.3 is 9.47 Å². The Balaban J connectivity index is 1.94. The molecule has 0 N–H and O–H groups in total. The number of hydrogen-bond donors (Lipinski definition) is 0. The van der Waals surface area contributed by atoms with Gasteiger partial charge >= 0.3 is 0 Å². The predicted octanol–water partition coefficient (Wildman–Crippen LogP) is 4.11. The zero-order valence-electron chi connectivity index (χ0n) is 15.1. The van der Waals surface area contributed by atoms with E-state index in [-0.39, 0.29) is 0 Å². The molecule has 1 aliphatic heterocycles. The van der Waals surface area contributed by atoms with Crippen molar-refractivity contribution in [2.45, 2.75) is 25.8 Å². The molecule has 3 nitrogen and oxygen atoms in total. The monoisotopic (exact) mass is 325 g/mol. The number of rotatable bonds is 5. The van der Waals surface area contributed by atoms with Crippen LogP contribution in [0.5, 0.6) is 11.5 Å². The van der Waals surface area contributed by atoms with Crippen molar-refractivity contribution in [3.05, 3.63) is 59.2 Å². The molecule has 24 heavy (non-hydrogen) atoms. The van der Waals surface area contributed by atoms with Crippen LogP contribution >= 0.6 is 0 Å². The molecule has 0 aliphatic carbocycles. The van der Waals surface area contributed by atoms with E-state index in [4.69, 9.17) is 9.47 Å². The highest BCUT2D eigenvalue weighted by Crippen LogP contribution is 2.41. The van der Waals surface area contributed by atoms with Crippen molar-refractivity contribution in [1.29, 1.82) is 0 Å². The van der Waals surface area contributed by atoms with Crippen LogP contribution in [-0.2, 0) is 12.8 Å². The molecule has 0 aromatic heterocycles. The van der Waals surface area contributed by atoms with E-state index in [1.54, 1.807) is 14.2 Å². The third-order valence-electron chi connectivity index (χ3n) is 5.11. The van der Waals surface area contributed by atoms with Crippen LogP contribution < -0.4 is 9.47 Å². The number of ether oxygens (including phenoxy) is 2. The predicted molar refractivity (Wildman–Crippen MR) is 97.9 cm³/mol. The first kappa shape index (κ1) is 16.8. The van der Waals surface area contributed by atoms with Crippen LogP contribution in [0.3, 0.4) is 0 Å². The molecule has 0 amide bonds. The molecular weight excluding hydrogens is 298 g/mol. The Kier molecular flexibility index (Phi) is 5.10. The average molecular weight is 325 g/mol. The summed E-state index contributed by atoms with van der Waals surface area (Å²) in [5.74, 6) is 2.17. The van der Waals surface area contributed by atoms with Crippen molar-refractivity contribution < 1.29 is 9.47 Å². The molecule has 0 spiro atoms. The Hall–Kier alpha value is -2.00. The minimum atomic E-state index is 0.397. The molecular formula is C21H27NO2. The largest absolute Gasteiger partial charge is 0.493 e. The lowest BCUT2D eigenvalue weighted by atomic mass is 9.82. The van der Waals surface area contributed by atoms with Gasteiger partial charge in [-0.15, -0.1) is 0 Å². The van der Waals surface area contributed by atoms with Gasteiger partial charge in [-0.2, -0.15) is 0 Å². The van der Waals surface area contributed by atoms with Crippen LogP contribution in [0.4, 0.5) is 0 Å². The minimum Gasteiger partial charge on any atom is -0.493 e. The lowest BCUT2D eigenvalue weighted by molar-refractivity contribution is 0.171. The van der Waals surface area contributed by atoms with E-state index in [1.807, 2.05) is 0 Å². The topological polar surface area (TPSA) is 21.7 Å². The molecule has 2 aromatic carbocycles. The summed E-state index contributed by atoms with van der Waals surface area (Å²) < 4.78 is 11.0.